The van der Waals surface area contributed by atoms with E-state index in [1.54, 1.807) is 0 Å². The van der Waals surface area contributed by atoms with Crippen LogP contribution in [0.15, 0.2) is 12.3 Å². The molecule has 1 saturated heterocycles. The molecule has 4 nitrogen and oxygen atoms in total. The fraction of sp³-hybridized carbons (Fsp3) is 0.615. The van der Waals surface area contributed by atoms with Crippen molar-refractivity contribution in [1.29, 1.82) is 0 Å². The van der Waals surface area contributed by atoms with Crippen LogP contribution in [0.1, 0.15) is 18.5 Å². The lowest BCUT2D eigenvalue weighted by molar-refractivity contribution is -0.141. The Morgan fingerprint density at radius 3 is 2.65 bits per heavy atom. The van der Waals surface area contributed by atoms with E-state index in [1.165, 1.54) is 0 Å². The molecule has 0 amide bonds. The molecule has 0 unspecified atom stereocenters. The zero-order valence-corrected chi connectivity index (χ0v) is 11.4. The summed E-state index contributed by atoms with van der Waals surface area (Å²) in [6, 6.07) is 0.976. The van der Waals surface area contributed by atoms with Gasteiger partial charge in [-0.1, -0.05) is 0 Å². The van der Waals surface area contributed by atoms with E-state index in [-0.39, 0.29) is 5.69 Å². The summed E-state index contributed by atoms with van der Waals surface area (Å²) in [5, 5.41) is 3.03. The van der Waals surface area contributed by atoms with Crippen molar-refractivity contribution >= 4 is 11.4 Å². The van der Waals surface area contributed by atoms with Gasteiger partial charge in [0.05, 0.1) is 17.6 Å². The van der Waals surface area contributed by atoms with Crippen LogP contribution >= 0.6 is 0 Å². The number of alkyl halides is 3. The van der Waals surface area contributed by atoms with E-state index in [4.69, 9.17) is 5.73 Å². The van der Waals surface area contributed by atoms with Crippen molar-refractivity contribution in [3.05, 3.63) is 18.0 Å². The smallest absolute Gasteiger partial charge is 0.396 e. The maximum atomic E-state index is 12.6. The molecule has 0 saturated carbocycles. The predicted molar refractivity (Wildman–Crippen MR) is 72.4 cm³/mol. The van der Waals surface area contributed by atoms with Crippen molar-refractivity contribution in [3.63, 3.8) is 0 Å². The van der Waals surface area contributed by atoms with Gasteiger partial charge >= 0.3 is 6.18 Å². The SMILES string of the molecule is CN1CCC(CNc2cc(C(F)(F)F)ncc2N)CC1. The first-order valence-corrected chi connectivity index (χ1v) is 6.61. The van der Waals surface area contributed by atoms with Crippen LogP contribution in [-0.2, 0) is 6.18 Å². The quantitative estimate of drug-likeness (QED) is 0.897. The first kappa shape index (κ1) is 14.9. The third-order valence-electron chi connectivity index (χ3n) is 3.64. The van der Waals surface area contributed by atoms with Gasteiger partial charge in [-0.05, 0) is 45.0 Å². The van der Waals surface area contributed by atoms with E-state index in [2.05, 4.69) is 22.2 Å². The zero-order chi connectivity index (χ0) is 14.8. The van der Waals surface area contributed by atoms with Crippen LogP contribution in [0.25, 0.3) is 0 Å². The first-order chi connectivity index (χ1) is 9.36. The second-order valence-electron chi connectivity index (χ2n) is 5.28. The number of likely N-dealkylation sites (tertiary alicyclic amines) is 1. The summed E-state index contributed by atoms with van der Waals surface area (Å²) in [6.45, 7) is 2.68. The minimum atomic E-state index is -4.45. The third kappa shape index (κ3) is 3.75. The van der Waals surface area contributed by atoms with E-state index in [9.17, 15) is 13.2 Å². The summed E-state index contributed by atoms with van der Waals surface area (Å²) >= 11 is 0. The summed E-state index contributed by atoms with van der Waals surface area (Å²) in [5.41, 5.74) is 5.30. The third-order valence-corrected chi connectivity index (χ3v) is 3.64. The van der Waals surface area contributed by atoms with Gasteiger partial charge in [0, 0.05) is 6.54 Å². The number of hydrogen-bond acceptors (Lipinski definition) is 4. The molecule has 0 spiro atoms. The van der Waals surface area contributed by atoms with Gasteiger partial charge in [-0.3, -0.25) is 0 Å². The molecule has 1 aliphatic rings. The number of rotatable bonds is 3. The molecule has 7 heteroatoms. The maximum Gasteiger partial charge on any atom is 0.433 e. The highest BCUT2D eigenvalue weighted by Gasteiger charge is 2.33. The minimum absolute atomic E-state index is 0.242. The van der Waals surface area contributed by atoms with Gasteiger partial charge < -0.3 is 16.0 Å². The van der Waals surface area contributed by atoms with Crippen molar-refractivity contribution in [2.24, 2.45) is 5.92 Å². The summed E-state index contributed by atoms with van der Waals surface area (Å²) in [6.07, 6.45) is -1.31. The molecule has 0 aromatic carbocycles. The predicted octanol–water partition coefficient (Wildman–Crippen LogP) is 2.44. The number of nitrogens with two attached hydrogens (primary N) is 1. The second kappa shape index (κ2) is 5.87. The molecule has 0 atom stereocenters. The fourth-order valence-corrected chi connectivity index (χ4v) is 2.29. The Morgan fingerprint density at radius 1 is 1.40 bits per heavy atom. The van der Waals surface area contributed by atoms with Crippen molar-refractivity contribution in [1.82, 2.24) is 9.88 Å². The van der Waals surface area contributed by atoms with Gasteiger partial charge in [-0.25, -0.2) is 4.98 Å². The lowest BCUT2D eigenvalue weighted by atomic mass is 9.97. The number of piperidine rings is 1. The monoisotopic (exact) mass is 288 g/mol. The summed E-state index contributed by atoms with van der Waals surface area (Å²) < 4.78 is 37.8. The Balaban J connectivity index is 1.98. The van der Waals surface area contributed by atoms with Gasteiger partial charge in [-0.15, -0.1) is 0 Å². The van der Waals surface area contributed by atoms with Gasteiger partial charge in [-0.2, -0.15) is 13.2 Å². The maximum absolute atomic E-state index is 12.6. The van der Waals surface area contributed by atoms with Gasteiger partial charge in [0.2, 0.25) is 0 Å². The normalized spacial score (nSPS) is 18.2. The molecular formula is C13H19F3N4. The number of hydrogen-bond donors (Lipinski definition) is 2. The molecule has 1 aromatic heterocycles. The lowest BCUT2D eigenvalue weighted by Crippen LogP contribution is -2.33. The number of nitrogen functional groups attached to an aromatic ring is 1. The van der Waals surface area contributed by atoms with Crippen molar-refractivity contribution in [3.8, 4) is 0 Å². The van der Waals surface area contributed by atoms with Crippen LogP contribution in [0.2, 0.25) is 0 Å². The van der Waals surface area contributed by atoms with E-state index in [0.29, 0.717) is 18.2 Å². The van der Waals surface area contributed by atoms with Crippen molar-refractivity contribution in [2.45, 2.75) is 19.0 Å². The number of anilines is 2. The summed E-state index contributed by atoms with van der Waals surface area (Å²) in [4.78, 5) is 5.57. The average molecular weight is 288 g/mol. The minimum Gasteiger partial charge on any atom is -0.396 e. The number of nitrogens with zero attached hydrogens (tertiary/aromatic N) is 2. The standard InChI is InChI=1S/C13H19F3N4/c1-20-4-2-9(3-5-20)7-18-11-6-12(13(14,15)16)19-8-10(11)17/h6,8-9H,2-5,7,17H2,1H3,(H,18,19). The highest BCUT2D eigenvalue weighted by molar-refractivity contribution is 5.65. The van der Waals surface area contributed by atoms with Gasteiger partial charge in [0.25, 0.3) is 0 Å². The van der Waals surface area contributed by atoms with Crippen molar-refractivity contribution in [2.75, 3.05) is 37.7 Å². The van der Waals surface area contributed by atoms with Crippen LogP contribution < -0.4 is 11.1 Å². The Morgan fingerprint density at radius 2 is 2.05 bits per heavy atom. The first-order valence-electron chi connectivity index (χ1n) is 6.61. The van der Waals surface area contributed by atoms with Crippen molar-refractivity contribution < 1.29 is 13.2 Å². The number of nitrogens with one attached hydrogen (secondary N) is 1. The largest absolute Gasteiger partial charge is 0.433 e. The molecule has 2 heterocycles. The van der Waals surface area contributed by atoms with Crippen LogP contribution in [0.3, 0.4) is 0 Å². The molecule has 3 N–H and O–H groups in total. The highest BCUT2D eigenvalue weighted by atomic mass is 19.4. The molecule has 1 aliphatic heterocycles. The fourth-order valence-electron chi connectivity index (χ4n) is 2.29. The number of halogens is 3. The molecule has 20 heavy (non-hydrogen) atoms. The topological polar surface area (TPSA) is 54.2 Å². The molecule has 2 rings (SSSR count). The summed E-state index contributed by atoms with van der Waals surface area (Å²) in [5.74, 6) is 0.466. The van der Waals surface area contributed by atoms with Gasteiger partial charge in [0.15, 0.2) is 0 Å². The summed E-state index contributed by atoms with van der Waals surface area (Å²) in [7, 11) is 2.07. The van der Waals surface area contributed by atoms with E-state index in [0.717, 1.165) is 38.2 Å². The molecule has 0 aliphatic carbocycles. The van der Waals surface area contributed by atoms with Crippen LogP contribution in [0.4, 0.5) is 24.5 Å². The molecular weight excluding hydrogens is 269 g/mol. The van der Waals surface area contributed by atoms with Crippen LogP contribution in [0, 0.1) is 5.92 Å². The Kier molecular flexibility index (Phi) is 4.37. The molecule has 112 valence electrons. The second-order valence-corrected chi connectivity index (χ2v) is 5.28. The number of aromatic nitrogens is 1. The zero-order valence-electron chi connectivity index (χ0n) is 11.4. The van der Waals surface area contributed by atoms with E-state index >= 15 is 0 Å². The Bertz CT molecular complexity index is 453. The molecule has 1 aromatic rings. The Labute approximate surface area is 116 Å². The van der Waals surface area contributed by atoms with E-state index in [1.807, 2.05) is 0 Å². The van der Waals surface area contributed by atoms with Crippen LogP contribution in [-0.4, -0.2) is 36.6 Å². The lowest BCUT2D eigenvalue weighted by Gasteiger charge is -2.29. The molecule has 0 bridgehead atoms. The highest BCUT2D eigenvalue weighted by Crippen LogP contribution is 2.31. The van der Waals surface area contributed by atoms with Gasteiger partial charge in [0.1, 0.15) is 5.69 Å². The molecule has 0 radical (unpaired) electrons. The van der Waals surface area contributed by atoms with Crippen LogP contribution in [0.5, 0.6) is 0 Å². The molecule has 1 fully saturated rings. The van der Waals surface area contributed by atoms with E-state index < -0.39 is 11.9 Å². The number of pyridine rings is 1. The Hall–Kier alpha value is -1.50. The average Bonchev–Trinajstić information content (AvgIpc) is 2.38.